The Hall–Kier alpha value is -0.740. The summed E-state index contributed by atoms with van der Waals surface area (Å²) in [6.45, 7) is 6.86. The van der Waals surface area contributed by atoms with E-state index in [1.54, 1.807) is 23.1 Å². The van der Waals surface area contributed by atoms with E-state index in [2.05, 4.69) is 55.5 Å². The second-order valence-corrected chi connectivity index (χ2v) is 7.45. The van der Waals surface area contributed by atoms with Gasteiger partial charge in [0.05, 0.1) is 10.2 Å². The largest absolute Gasteiger partial charge is 0.382 e. The van der Waals surface area contributed by atoms with Gasteiger partial charge < -0.3 is 5.32 Å². The summed E-state index contributed by atoms with van der Waals surface area (Å²) in [5.41, 5.74) is 2.34. The monoisotopic (exact) mass is 308 g/mol. The Morgan fingerprint density at radius 3 is 2.75 bits per heavy atom. The van der Waals surface area contributed by atoms with Gasteiger partial charge in [-0.1, -0.05) is 39.0 Å². The van der Waals surface area contributed by atoms with Crippen LogP contribution in [0.1, 0.15) is 40.0 Å². The van der Waals surface area contributed by atoms with E-state index in [9.17, 15) is 0 Å². The van der Waals surface area contributed by atoms with Gasteiger partial charge >= 0.3 is 0 Å². The highest BCUT2D eigenvalue weighted by Crippen LogP contribution is 2.30. The molecular weight excluding hydrogens is 284 g/mol. The lowest BCUT2D eigenvalue weighted by atomic mass is 9.97. The maximum absolute atomic E-state index is 4.59. The average Bonchev–Trinajstić information content (AvgIpc) is 2.88. The van der Waals surface area contributed by atoms with Gasteiger partial charge in [0, 0.05) is 11.7 Å². The summed E-state index contributed by atoms with van der Waals surface area (Å²) >= 11 is 3.49. The first kappa shape index (κ1) is 15.6. The number of nitrogens with one attached hydrogen (secondary N) is 1. The zero-order valence-electron chi connectivity index (χ0n) is 12.8. The van der Waals surface area contributed by atoms with Crippen LogP contribution in [0.2, 0.25) is 0 Å². The summed E-state index contributed by atoms with van der Waals surface area (Å²) in [5.74, 6) is 0.780. The second-order valence-electron chi connectivity index (χ2n) is 5.37. The second kappa shape index (κ2) is 7.32. The van der Waals surface area contributed by atoms with Crippen molar-refractivity contribution in [2.75, 3.05) is 11.6 Å². The van der Waals surface area contributed by atoms with Crippen LogP contribution >= 0.6 is 23.1 Å². The molecule has 2 atom stereocenters. The van der Waals surface area contributed by atoms with E-state index in [1.807, 2.05) is 0 Å². The van der Waals surface area contributed by atoms with E-state index in [0.29, 0.717) is 6.04 Å². The van der Waals surface area contributed by atoms with Crippen molar-refractivity contribution < 1.29 is 0 Å². The van der Waals surface area contributed by atoms with Gasteiger partial charge in [0.15, 0.2) is 4.34 Å². The standard InChI is InChI=1S/C16H24N2S2/c1-5-11(3)9-12(6-2)17-13-7-8-14-15(10-13)20-16(18-14)19-4/h7-8,10-12,17H,5-6,9H2,1-4H3. The van der Waals surface area contributed by atoms with E-state index < -0.39 is 0 Å². The van der Waals surface area contributed by atoms with Gasteiger partial charge in [-0.25, -0.2) is 4.98 Å². The molecule has 2 unspecified atom stereocenters. The number of thioether (sulfide) groups is 1. The zero-order chi connectivity index (χ0) is 14.5. The van der Waals surface area contributed by atoms with Crippen LogP contribution in [0.15, 0.2) is 22.5 Å². The SMILES string of the molecule is CCC(C)CC(CC)Nc1ccc2nc(SC)sc2c1. The molecule has 2 aromatic rings. The van der Waals surface area contributed by atoms with Crippen LogP contribution in [0, 0.1) is 5.92 Å². The Kier molecular flexibility index (Phi) is 5.73. The third-order valence-electron chi connectivity index (χ3n) is 3.79. The van der Waals surface area contributed by atoms with Crippen molar-refractivity contribution in [3.63, 3.8) is 0 Å². The smallest absolute Gasteiger partial charge is 0.150 e. The summed E-state index contributed by atoms with van der Waals surface area (Å²) in [7, 11) is 0. The lowest BCUT2D eigenvalue weighted by molar-refractivity contribution is 0.462. The molecule has 2 rings (SSSR count). The van der Waals surface area contributed by atoms with Crippen LogP contribution in [0.3, 0.4) is 0 Å². The first-order valence-corrected chi connectivity index (χ1v) is 9.41. The predicted molar refractivity (Wildman–Crippen MR) is 93.2 cm³/mol. The Bertz CT molecular complexity index is 550. The normalized spacial score (nSPS) is 14.4. The molecule has 4 heteroatoms. The lowest BCUT2D eigenvalue weighted by Gasteiger charge is -2.21. The molecule has 1 N–H and O–H groups in total. The molecule has 0 fully saturated rings. The van der Waals surface area contributed by atoms with Gasteiger partial charge in [-0.3, -0.25) is 0 Å². The Labute approximate surface area is 130 Å². The van der Waals surface area contributed by atoms with E-state index in [0.717, 1.165) is 15.8 Å². The van der Waals surface area contributed by atoms with E-state index in [4.69, 9.17) is 0 Å². The van der Waals surface area contributed by atoms with Crippen LogP contribution in [0.5, 0.6) is 0 Å². The third kappa shape index (κ3) is 3.89. The average molecular weight is 309 g/mol. The van der Waals surface area contributed by atoms with E-state index in [-0.39, 0.29) is 0 Å². The van der Waals surface area contributed by atoms with Crippen molar-refractivity contribution in [2.24, 2.45) is 5.92 Å². The molecule has 0 bridgehead atoms. The molecule has 1 aromatic carbocycles. The van der Waals surface area contributed by atoms with Gasteiger partial charge in [-0.05, 0) is 43.2 Å². The van der Waals surface area contributed by atoms with Gasteiger partial charge in [-0.2, -0.15) is 0 Å². The molecule has 0 saturated heterocycles. The molecule has 0 aliphatic carbocycles. The summed E-state index contributed by atoms with van der Waals surface area (Å²) in [5, 5.41) is 3.69. The van der Waals surface area contributed by atoms with Crippen LogP contribution in [0.25, 0.3) is 10.2 Å². The number of anilines is 1. The number of hydrogen-bond donors (Lipinski definition) is 1. The highest BCUT2D eigenvalue weighted by molar-refractivity contribution is 8.00. The third-order valence-corrected chi connectivity index (χ3v) is 5.79. The molecule has 110 valence electrons. The van der Waals surface area contributed by atoms with Crippen molar-refractivity contribution >= 4 is 39.0 Å². The van der Waals surface area contributed by atoms with Crippen LogP contribution in [0.4, 0.5) is 5.69 Å². The summed E-state index contributed by atoms with van der Waals surface area (Å²) in [6, 6.07) is 7.09. The molecule has 2 nitrogen and oxygen atoms in total. The number of nitrogens with zero attached hydrogens (tertiary/aromatic N) is 1. The first-order valence-electron chi connectivity index (χ1n) is 7.37. The van der Waals surface area contributed by atoms with Crippen LogP contribution in [-0.4, -0.2) is 17.3 Å². The number of hydrogen-bond acceptors (Lipinski definition) is 4. The molecular formula is C16H24N2S2. The molecule has 0 radical (unpaired) electrons. The van der Waals surface area contributed by atoms with Crippen molar-refractivity contribution in [2.45, 2.75) is 50.4 Å². The molecule has 1 aromatic heterocycles. The fourth-order valence-corrected chi connectivity index (χ4v) is 3.82. The van der Waals surface area contributed by atoms with Gasteiger partial charge in [0.25, 0.3) is 0 Å². The Morgan fingerprint density at radius 2 is 2.10 bits per heavy atom. The van der Waals surface area contributed by atoms with Gasteiger partial charge in [-0.15, -0.1) is 11.3 Å². The highest BCUT2D eigenvalue weighted by atomic mass is 32.2. The molecule has 0 spiro atoms. The summed E-state index contributed by atoms with van der Waals surface area (Å²) in [6.07, 6.45) is 5.74. The molecule has 0 amide bonds. The van der Waals surface area contributed by atoms with Gasteiger partial charge in [0.2, 0.25) is 0 Å². The number of fused-ring (bicyclic) bond motifs is 1. The quantitative estimate of drug-likeness (QED) is 0.669. The summed E-state index contributed by atoms with van der Waals surface area (Å²) < 4.78 is 2.42. The Balaban J connectivity index is 2.11. The summed E-state index contributed by atoms with van der Waals surface area (Å²) in [4.78, 5) is 4.59. The number of thiazole rings is 1. The molecule has 20 heavy (non-hydrogen) atoms. The minimum atomic E-state index is 0.565. The van der Waals surface area contributed by atoms with Crippen molar-refractivity contribution in [1.29, 1.82) is 0 Å². The topological polar surface area (TPSA) is 24.9 Å². The van der Waals surface area contributed by atoms with E-state index >= 15 is 0 Å². The minimum Gasteiger partial charge on any atom is -0.382 e. The lowest BCUT2D eigenvalue weighted by Crippen LogP contribution is -2.21. The maximum atomic E-state index is 4.59. The van der Waals surface area contributed by atoms with E-state index in [1.165, 1.54) is 29.6 Å². The van der Waals surface area contributed by atoms with Crippen molar-refractivity contribution in [3.05, 3.63) is 18.2 Å². The Morgan fingerprint density at radius 1 is 1.30 bits per heavy atom. The molecule has 1 heterocycles. The zero-order valence-corrected chi connectivity index (χ0v) is 14.4. The van der Waals surface area contributed by atoms with Crippen molar-refractivity contribution in [1.82, 2.24) is 4.98 Å². The maximum Gasteiger partial charge on any atom is 0.150 e. The van der Waals surface area contributed by atoms with Crippen molar-refractivity contribution in [3.8, 4) is 0 Å². The predicted octanol–water partition coefficient (Wildman–Crippen LogP) is 5.64. The minimum absolute atomic E-state index is 0.565. The number of rotatable bonds is 7. The van der Waals surface area contributed by atoms with Crippen LogP contribution in [-0.2, 0) is 0 Å². The fraction of sp³-hybridized carbons (Fsp3) is 0.562. The van der Waals surface area contributed by atoms with Gasteiger partial charge in [0.1, 0.15) is 0 Å². The highest BCUT2D eigenvalue weighted by Gasteiger charge is 2.11. The fourth-order valence-electron chi connectivity index (χ4n) is 2.30. The molecule has 0 aliphatic heterocycles. The molecule has 0 aliphatic rings. The first-order chi connectivity index (χ1) is 9.66. The molecule has 0 saturated carbocycles. The number of aromatic nitrogens is 1. The number of benzene rings is 1. The van der Waals surface area contributed by atoms with Crippen LogP contribution < -0.4 is 5.32 Å².